The Morgan fingerprint density at radius 2 is 2.00 bits per heavy atom. The molecule has 0 aliphatic carbocycles. The van der Waals surface area contributed by atoms with Crippen LogP contribution in [0.1, 0.15) is 26.4 Å². The molecule has 1 heterocycles. The van der Waals surface area contributed by atoms with Gasteiger partial charge in [0.05, 0.1) is 0 Å². The van der Waals surface area contributed by atoms with Crippen molar-refractivity contribution in [2.45, 2.75) is 5.75 Å². The molecule has 6 heteroatoms. The molecule has 0 atom stereocenters. The molecule has 5 nitrogen and oxygen atoms in total. The maximum absolute atomic E-state index is 12.1. The molecule has 0 saturated heterocycles. The van der Waals surface area contributed by atoms with E-state index in [0.717, 1.165) is 11.3 Å². The van der Waals surface area contributed by atoms with Crippen molar-refractivity contribution in [1.29, 1.82) is 0 Å². The Balaban J connectivity index is 2.16. The zero-order chi connectivity index (χ0) is 15.2. The van der Waals surface area contributed by atoms with Crippen molar-refractivity contribution in [1.82, 2.24) is 4.98 Å². The molecule has 2 N–H and O–H groups in total. The fourth-order valence-corrected chi connectivity index (χ4v) is 2.29. The lowest BCUT2D eigenvalue weighted by Gasteiger charge is -2.06. The van der Waals surface area contributed by atoms with Crippen LogP contribution in [0.3, 0.4) is 0 Å². The highest BCUT2D eigenvalue weighted by molar-refractivity contribution is 7.97. The molecule has 0 fully saturated rings. The van der Waals surface area contributed by atoms with Crippen LogP contribution in [-0.2, 0) is 5.75 Å². The first-order valence-corrected chi connectivity index (χ1v) is 7.59. The van der Waals surface area contributed by atoms with Crippen molar-refractivity contribution in [3.63, 3.8) is 0 Å². The molecule has 0 radical (unpaired) electrons. The van der Waals surface area contributed by atoms with E-state index in [2.05, 4.69) is 10.3 Å². The molecule has 0 saturated carbocycles. The maximum atomic E-state index is 12.1. The molecule has 1 aromatic heterocycles. The minimum Gasteiger partial charge on any atom is -0.477 e. The number of rotatable bonds is 5. The lowest BCUT2D eigenvalue weighted by Crippen LogP contribution is -2.14. The van der Waals surface area contributed by atoms with Gasteiger partial charge in [0, 0.05) is 11.3 Å². The first-order valence-electron chi connectivity index (χ1n) is 6.19. The monoisotopic (exact) mass is 302 g/mol. The largest absolute Gasteiger partial charge is 0.477 e. The number of carboxylic acids is 1. The number of benzene rings is 1. The van der Waals surface area contributed by atoms with Crippen LogP contribution in [0.2, 0.25) is 0 Å². The molecule has 2 aromatic rings. The second-order valence-electron chi connectivity index (χ2n) is 4.30. The number of anilines is 1. The number of nitrogens with zero attached hydrogens (tertiary/aromatic N) is 1. The smallest absolute Gasteiger partial charge is 0.354 e. The minimum atomic E-state index is -1.13. The summed E-state index contributed by atoms with van der Waals surface area (Å²) in [5, 5.41) is 11.5. The first kappa shape index (κ1) is 15.1. The molecular formula is C15H14N2O3S. The van der Waals surface area contributed by atoms with E-state index in [-0.39, 0.29) is 17.4 Å². The van der Waals surface area contributed by atoms with E-state index in [1.54, 1.807) is 23.9 Å². The summed E-state index contributed by atoms with van der Waals surface area (Å²) in [6.45, 7) is 0. The topological polar surface area (TPSA) is 79.3 Å². The van der Waals surface area contributed by atoms with Gasteiger partial charge in [-0.15, -0.1) is 0 Å². The second kappa shape index (κ2) is 6.90. The Hall–Kier alpha value is -2.34. The van der Waals surface area contributed by atoms with Gasteiger partial charge in [0.1, 0.15) is 5.82 Å². The molecule has 1 amide bonds. The zero-order valence-electron chi connectivity index (χ0n) is 11.4. The van der Waals surface area contributed by atoms with Gasteiger partial charge in [-0.25, -0.2) is 9.78 Å². The van der Waals surface area contributed by atoms with Crippen LogP contribution in [0, 0.1) is 0 Å². The van der Waals surface area contributed by atoms with Crippen LogP contribution in [0.15, 0.2) is 42.5 Å². The molecule has 0 spiro atoms. The highest BCUT2D eigenvalue weighted by Crippen LogP contribution is 2.13. The quantitative estimate of drug-likeness (QED) is 0.887. The highest BCUT2D eigenvalue weighted by Gasteiger charge is 2.10. The number of aromatic carboxylic acids is 1. The Labute approximate surface area is 126 Å². The van der Waals surface area contributed by atoms with Crippen molar-refractivity contribution >= 4 is 29.5 Å². The van der Waals surface area contributed by atoms with Crippen LogP contribution < -0.4 is 5.32 Å². The Bertz CT molecular complexity index is 673. The third-order valence-corrected chi connectivity index (χ3v) is 3.33. The van der Waals surface area contributed by atoms with Gasteiger partial charge in [-0.3, -0.25) is 4.79 Å². The maximum Gasteiger partial charge on any atom is 0.354 e. The lowest BCUT2D eigenvalue weighted by atomic mass is 10.1. The fraction of sp³-hybridized carbons (Fsp3) is 0.133. The molecular weight excluding hydrogens is 288 g/mol. The van der Waals surface area contributed by atoms with Gasteiger partial charge >= 0.3 is 5.97 Å². The number of hydrogen-bond acceptors (Lipinski definition) is 4. The Kier molecular flexibility index (Phi) is 4.94. The standard InChI is InChI=1S/C15H14N2O3S/c1-21-9-10-4-2-5-11(8-10)14(18)17-13-7-3-6-12(16-13)15(19)20/h2-8H,9H2,1H3,(H,19,20)(H,16,17,18). The predicted octanol–water partition coefficient (Wildman–Crippen LogP) is 2.90. The fourth-order valence-electron chi connectivity index (χ4n) is 1.78. The van der Waals surface area contributed by atoms with Crippen molar-refractivity contribution in [2.24, 2.45) is 0 Å². The number of carbonyl (C=O) groups is 2. The predicted molar refractivity (Wildman–Crippen MR) is 82.8 cm³/mol. The number of carboxylic acid groups (broad SMARTS) is 1. The number of pyridine rings is 1. The van der Waals surface area contributed by atoms with Crippen LogP contribution in [0.4, 0.5) is 5.82 Å². The van der Waals surface area contributed by atoms with Crippen LogP contribution >= 0.6 is 11.8 Å². The third-order valence-electron chi connectivity index (χ3n) is 2.71. The van der Waals surface area contributed by atoms with Crippen molar-refractivity contribution in [3.05, 3.63) is 59.3 Å². The normalized spacial score (nSPS) is 10.1. The molecule has 0 aliphatic rings. The number of nitrogens with one attached hydrogen (secondary N) is 1. The van der Waals surface area contributed by atoms with Gasteiger partial charge < -0.3 is 10.4 Å². The van der Waals surface area contributed by atoms with E-state index in [1.165, 1.54) is 12.1 Å². The molecule has 0 aliphatic heterocycles. The average Bonchev–Trinajstić information content (AvgIpc) is 2.48. The van der Waals surface area contributed by atoms with E-state index in [9.17, 15) is 9.59 Å². The van der Waals surface area contributed by atoms with Gasteiger partial charge in [0.2, 0.25) is 0 Å². The SMILES string of the molecule is CSCc1cccc(C(=O)Nc2cccc(C(=O)O)n2)c1. The number of amides is 1. The first-order chi connectivity index (χ1) is 10.1. The molecule has 21 heavy (non-hydrogen) atoms. The molecule has 2 rings (SSSR count). The zero-order valence-corrected chi connectivity index (χ0v) is 12.2. The van der Waals surface area contributed by atoms with E-state index < -0.39 is 5.97 Å². The van der Waals surface area contributed by atoms with Crippen LogP contribution in [0.5, 0.6) is 0 Å². The van der Waals surface area contributed by atoms with Gasteiger partial charge in [-0.2, -0.15) is 11.8 Å². The molecule has 1 aromatic carbocycles. The van der Waals surface area contributed by atoms with Crippen molar-refractivity contribution in [3.8, 4) is 0 Å². The Morgan fingerprint density at radius 3 is 2.71 bits per heavy atom. The number of thioether (sulfide) groups is 1. The second-order valence-corrected chi connectivity index (χ2v) is 5.17. The Morgan fingerprint density at radius 1 is 1.24 bits per heavy atom. The van der Waals surface area contributed by atoms with Crippen molar-refractivity contribution in [2.75, 3.05) is 11.6 Å². The summed E-state index contributed by atoms with van der Waals surface area (Å²) < 4.78 is 0. The summed E-state index contributed by atoms with van der Waals surface area (Å²) in [6.07, 6.45) is 1.99. The van der Waals surface area contributed by atoms with E-state index >= 15 is 0 Å². The summed E-state index contributed by atoms with van der Waals surface area (Å²) in [4.78, 5) is 26.9. The number of carbonyl (C=O) groups excluding carboxylic acids is 1. The van der Waals surface area contributed by atoms with Gasteiger partial charge in [0.15, 0.2) is 5.69 Å². The summed E-state index contributed by atoms with van der Waals surface area (Å²) in [5.74, 6) is -0.398. The summed E-state index contributed by atoms with van der Waals surface area (Å²) >= 11 is 1.67. The third kappa shape index (κ3) is 4.06. The molecule has 108 valence electrons. The van der Waals surface area contributed by atoms with Crippen LogP contribution in [-0.4, -0.2) is 28.2 Å². The molecule has 0 bridgehead atoms. The summed E-state index contributed by atoms with van der Waals surface area (Å²) in [6, 6.07) is 11.8. The highest BCUT2D eigenvalue weighted by atomic mass is 32.2. The number of aromatic nitrogens is 1. The number of hydrogen-bond donors (Lipinski definition) is 2. The van der Waals surface area contributed by atoms with Gasteiger partial charge in [0.25, 0.3) is 5.91 Å². The minimum absolute atomic E-state index is 0.107. The molecule has 0 unspecified atom stereocenters. The van der Waals surface area contributed by atoms with E-state index in [1.807, 2.05) is 24.5 Å². The van der Waals surface area contributed by atoms with Gasteiger partial charge in [-0.05, 0) is 36.1 Å². The summed E-state index contributed by atoms with van der Waals surface area (Å²) in [7, 11) is 0. The lowest BCUT2D eigenvalue weighted by molar-refractivity contribution is 0.0690. The van der Waals surface area contributed by atoms with Crippen LogP contribution in [0.25, 0.3) is 0 Å². The van der Waals surface area contributed by atoms with Gasteiger partial charge in [-0.1, -0.05) is 18.2 Å². The van der Waals surface area contributed by atoms with Crippen molar-refractivity contribution < 1.29 is 14.7 Å². The van der Waals surface area contributed by atoms with E-state index in [0.29, 0.717) is 5.56 Å². The average molecular weight is 302 g/mol. The van der Waals surface area contributed by atoms with E-state index in [4.69, 9.17) is 5.11 Å². The summed E-state index contributed by atoms with van der Waals surface area (Å²) in [5.41, 5.74) is 1.47.